The number of benzene rings is 3. The number of fused-ring (bicyclic) bond motifs is 8. The Morgan fingerprint density at radius 3 is 2.63 bits per heavy atom. The van der Waals surface area contributed by atoms with Crippen molar-refractivity contribution in [3.05, 3.63) is 84.6 Å². The van der Waals surface area contributed by atoms with Crippen molar-refractivity contribution in [3.63, 3.8) is 0 Å². The van der Waals surface area contributed by atoms with Gasteiger partial charge >= 0.3 is 0 Å². The van der Waals surface area contributed by atoms with Crippen molar-refractivity contribution in [1.29, 1.82) is 0 Å². The van der Waals surface area contributed by atoms with Gasteiger partial charge in [0.1, 0.15) is 0 Å². The summed E-state index contributed by atoms with van der Waals surface area (Å²) in [4.78, 5) is 9.87. The Morgan fingerprint density at radius 1 is 0.800 bits per heavy atom. The zero-order valence-corrected chi connectivity index (χ0v) is 17.0. The molecule has 0 fully saturated rings. The van der Waals surface area contributed by atoms with E-state index in [-0.39, 0.29) is 0 Å². The Hall–Kier alpha value is -3.70. The number of thiophene rings is 1. The maximum atomic E-state index is 5.01. The second-order valence-corrected chi connectivity index (χ2v) is 8.73. The average molecular weight is 404 g/mol. The van der Waals surface area contributed by atoms with Crippen molar-refractivity contribution >= 4 is 59.4 Å². The van der Waals surface area contributed by atoms with E-state index in [2.05, 4.69) is 82.6 Å². The van der Waals surface area contributed by atoms with Gasteiger partial charge in [0.2, 0.25) is 5.78 Å². The van der Waals surface area contributed by atoms with Crippen LogP contribution >= 0.6 is 11.3 Å². The number of imidazole rings is 2. The van der Waals surface area contributed by atoms with Crippen molar-refractivity contribution in [2.24, 2.45) is 0 Å². The predicted octanol–water partition coefficient (Wildman–Crippen LogP) is 6.50. The van der Waals surface area contributed by atoms with Crippen LogP contribution in [-0.2, 0) is 0 Å². The van der Waals surface area contributed by atoms with Gasteiger partial charge in [-0.2, -0.15) is 0 Å². The minimum absolute atomic E-state index is 0.897. The van der Waals surface area contributed by atoms with Gasteiger partial charge in [0.25, 0.3) is 0 Å². The molecule has 4 nitrogen and oxygen atoms in total. The van der Waals surface area contributed by atoms with Gasteiger partial charge in [-0.3, -0.25) is 8.97 Å². The van der Waals surface area contributed by atoms with Gasteiger partial charge in [0.05, 0.1) is 26.8 Å². The summed E-state index contributed by atoms with van der Waals surface area (Å²) >= 11 is 1.79. The molecule has 4 heterocycles. The average Bonchev–Trinajstić information content (AvgIpc) is 3.42. The predicted molar refractivity (Wildman–Crippen MR) is 125 cm³/mol. The lowest BCUT2D eigenvalue weighted by molar-refractivity contribution is 1.06. The molecular weight excluding hydrogens is 388 g/mol. The molecule has 142 valence electrons. The second kappa shape index (κ2) is 5.68. The number of para-hydroxylation sites is 2. The van der Waals surface area contributed by atoms with E-state index >= 15 is 0 Å². The third-order valence-corrected chi connectivity index (χ3v) is 7.03. The van der Waals surface area contributed by atoms with E-state index in [0.29, 0.717) is 0 Å². The zero-order chi connectivity index (χ0) is 19.8. The molecule has 7 rings (SSSR count). The maximum absolute atomic E-state index is 5.01. The molecule has 0 saturated heterocycles. The van der Waals surface area contributed by atoms with Crippen LogP contribution in [0.3, 0.4) is 0 Å². The fraction of sp³-hybridized carbons (Fsp3) is 0.0400. The molecule has 0 aliphatic heterocycles. The number of hydrogen-bond donors (Lipinski definition) is 0. The summed E-state index contributed by atoms with van der Waals surface area (Å²) < 4.78 is 6.93. The molecule has 0 radical (unpaired) electrons. The smallest absolute Gasteiger partial charge is 0.221 e. The first-order valence-corrected chi connectivity index (χ1v) is 10.8. The van der Waals surface area contributed by atoms with E-state index in [4.69, 9.17) is 9.97 Å². The van der Waals surface area contributed by atoms with Gasteiger partial charge in [0.15, 0.2) is 5.82 Å². The highest BCUT2D eigenvalue weighted by atomic mass is 32.1. The van der Waals surface area contributed by atoms with Crippen LogP contribution in [-0.4, -0.2) is 18.9 Å². The van der Waals surface area contributed by atoms with Crippen LogP contribution in [0.15, 0.2) is 79.0 Å². The first-order chi connectivity index (χ1) is 14.8. The van der Waals surface area contributed by atoms with E-state index in [1.807, 2.05) is 12.3 Å². The van der Waals surface area contributed by atoms with Gasteiger partial charge < -0.3 is 0 Å². The summed E-state index contributed by atoms with van der Waals surface area (Å²) in [5.74, 6) is 1.84. The summed E-state index contributed by atoms with van der Waals surface area (Å²) in [6, 6.07) is 25.6. The molecule has 5 heteroatoms. The van der Waals surface area contributed by atoms with Crippen LogP contribution in [0, 0.1) is 6.92 Å². The number of hydrogen-bond acceptors (Lipinski definition) is 3. The van der Waals surface area contributed by atoms with Crippen LogP contribution in [0.2, 0.25) is 0 Å². The van der Waals surface area contributed by atoms with E-state index in [0.717, 1.165) is 33.7 Å². The molecule has 4 aromatic heterocycles. The molecule has 0 atom stereocenters. The van der Waals surface area contributed by atoms with E-state index in [1.54, 1.807) is 11.3 Å². The Balaban J connectivity index is 1.72. The topological polar surface area (TPSA) is 35.1 Å². The molecule has 7 aromatic rings. The fourth-order valence-corrected chi connectivity index (χ4v) is 5.69. The first kappa shape index (κ1) is 16.1. The highest BCUT2D eigenvalue weighted by Gasteiger charge is 2.20. The van der Waals surface area contributed by atoms with Gasteiger partial charge in [-0.1, -0.05) is 36.4 Å². The SMILES string of the molecule is Cc1ccc2c(c1)n1c3ccccc3nc1n2-c1nccc2c1sc1ccccc12. The highest BCUT2D eigenvalue weighted by Crippen LogP contribution is 2.38. The molecular formula is C25H16N4S. The van der Waals surface area contributed by atoms with Gasteiger partial charge in [-0.15, -0.1) is 11.3 Å². The van der Waals surface area contributed by atoms with Crippen LogP contribution in [0.4, 0.5) is 0 Å². The van der Waals surface area contributed by atoms with Crippen molar-refractivity contribution in [1.82, 2.24) is 18.9 Å². The minimum atomic E-state index is 0.897. The summed E-state index contributed by atoms with van der Waals surface area (Å²) in [6.45, 7) is 2.13. The lowest BCUT2D eigenvalue weighted by Gasteiger charge is -2.06. The highest BCUT2D eigenvalue weighted by molar-refractivity contribution is 7.26. The third-order valence-electron chi connectivity index (χ3n) is 5.84. The van der Waals surface area contributed by atoms with Crippen molar-refractivity contribution in [2.45, 2.75) is 6.92 Å². The number of aryl methyl sites for hydroxylation is 1. The largest absolute Gasteiger partial charge is 0.276 e. The van der Waals surface area contributed by atoms with Crippen LogP contribution in [0.1, 0.15) is 5.56 Å². The third kappa shape index (κ3) is 2.00. The van der Waals surface area contributed by atoms with E-state index in [1.165, 1.54) is 25.7 Å². The Kier molecular flexibility index (Phi) is 3.05. The van der Waals surface area contributed by atoms with Crippen LogP contribution < -0.4 is 0 Å². The molecule has 0 aliphatic rings. The zero-order valence-electron chi connectivity index (χ0n) is 16.2. The monoisotopic (exact) mass is 404 g/mol. The molecule has 0 N–H and O–H groups in total. The standard InChI is InChI=1S/C25H16N4S/c1-15-10-11-20-21(14-15)28-19-8-4-3-7-18(19)27-25(28)29(20)24-23-17(12-13-26-24)16-6-2-5-9-22(16)30-23/h2-14H,1H3. The lowest BCUT2D eigenvalue weighted by Crippen LogP contribution is -1.98. The summed E-state index contributed by atoms with van der Waals surface area (Å²) in [6.07, 6.45) is 1.91. The van der Waals surface area contributed by atoms with Crippen LogP contribution in [0.5, 0.6) is 0 Å². The van der Waals surface area contributed by atoms with Gasteiger partial charge in [0, 0.05) is 21.7 Å². The maximum Gasteiger partial charge on any atom is 0.221 e. The summed E-state index contributed by atoms with van der Waals surface area (Å²) in [5.41, 5.74) is 5.61. The first-order valence-electron chi connectivity index (χ1n) is 9.94. The molecule has 0 unspecified atom stereocenters. The Bertz CT molecular complexity index is 1770. The lowest BCUT2D eigenvalue weighted by atomic mass is 10.2. The van der Waals surface area contributed by atoms with Crippen molar-refractivity contribution in [2.75, 3.05) is 0 Å². The second-order valence-electron chi connectivity index (χ2n) is 7.67. The number of nitrogens with zero attached hydrogens (tertiary/aromatic N) is 4. The number of pyridine rings is 1. The Labute approximate surface area is 175 Å². The quantitative estimate of drug-likeness (QED) is 0.313. The minimum Gasteiger partial charge on any atom is -0.276 e. The van der Waals surface area contributed by atoms with Crippen LogP contribution in [0.25, 0.3) is 53.8 Å². The van der Waals surface area contributed by atoms with Gasteiger partial charge in [-0.05, 0) is 48.9 Å². The molecule has 0 amide bonds. The van der Waals surface area contributed by atoms with Gasteiger partial charge in [-0.25, -0.2) is 9.97 Å². The number of rotatable bonds is 1. The molecule has 0 bridgehead atoms. The number of aromatic nitrogens is 4. The van der Waals surface area contributed by atoms with E-state index in [9.17, 15) is 0 Å². The summed E-state index contributed by atoms with van der Waals surface area (Å²) in [5, 5.41) is 2.52. The summed E-state index contributed by atoms with van der Waals surface area (Å²) in [7, 11) is 0. The molecule has 0 aliphatic carbocycles. The fourth-order valence-electron chi connectivity index (χ4n) is 4.52. The van der Waals surface area contributed by atoms with Crippen molar-refractivity contribution in [3.8, 4) is 5.82 Å². The van der Waals surface area contributed by atoms with E-state index < -0.39 is 0 Å². The van der Waals surface area contributed by atoms with Crippen molar-refractivity contribution < 1.29 is 0 Å². The molecule has 30 heavy (non-hydrogen) atoms. The molecule has 3 aromatic carbocycles. The normalized spacial score (nSPS) is 12.2. The Morgan fingerprint density at radius 2 is 1.67 bits per heavy atom. The molecule has 0 spiro atoms. The molecule has 0 saturated carbocycles.